The molecule has 202 valence electrons. The zero-order chi connectivity index (χ0) is 27.5. The van der Waals surface area contributed by atoms with Gasteiger partial charge in [-0.15, -0.1) is 0 Å². The second-order valence-electron chi connectivity index (χ2n) is 11.4. The summed E-state index contributed by atoms with van der Waals surface area (Å²) in [7, 11) is 0. The quantitative estimate of drug-likeness (QED) is 0.357. The first-order valence-electron chi connectivity index (χ1n) is 13.0. The number of imide groups is 1. The smallest absolute Gasteiger partial charge is 0.302 e. The van der Waals surface area contributed by atoms with Gasteiger partial charge < -0.3 is 10.6 Å². The highest BCUT2D eigenvalue weighted by Gasteiger charge is 2.65. The van der Waals surface area contributed by atoms with Crippen molar-refractivity contribution in [3.8, 4) is 0 Å². The minimum absolute atomic E-state index is 0.0297. The molecule has 2 fully saturated rings. The van der Waals surface area contributed by atoms with Crippen LogP contribution in [0.1, 0.15) is 84.0 Å². The van der Waals surface area contributed by atoms with Crippen LogP contribution in [-0.4, -0.2) is 63.1 Å². The summed E-state index contributed by atoms with van der Waals surface area (Å²) >= 11 is 0. The number of aromatic nitrogens is 1. The molecule has 1 saturated heterocycles. The molecular formula is C27H39N5O5. The van der Waals surface area contributed by atoms with Crippen molar-refractivity contribution in [1.29, 1.82) is 0 Å². The number of amides is 4. The van der Waals surface area contributed by atoms with Gasteiger partial charge in [-0.25, -0.2) is 4.90 Å². The van der Waals surface area contributed by atoms with Crippen LogP contribution < -0.4 is 16.0 Å². The van der Waals surface area contributed by atoms with Crippen LogP contribution in [0.5, 0.6) is 0 Å². The summed E-state index contributed by atoms with van der Waals surface area (Å²) < 4.78 is 0. The average Bonchev–Trinajstić information content (AvgIpc) is 2.86. The van der Waals surface area contributed by atoms with Crippen molar-refractivity contribution in [2.45, 2.75) is 97.4 Å². The number of pyridine rings is 1. The van der Waals surface area contributed by atoms with Crippen molar-refractivity contribution < 1.29 is 24.0 Å². The zero-order valence-electron chi connectivity index (χ0n) is 22.6. The monoisotopic (exact) mass is 513 g/mol. The van der Waals surface area contributed by atoms with Gasteiger partial charge in [0.1, 0.15) is 12.1 Å². The maximum atomic E-state index is 13.5. The van der Waals surface area contributed by atoms with Gasteiger partial charge in [-0.05, 0) is 43.2 Å². The van der Waals surface area contributed by atoms with E-state index in [9.17, 15) is 24.0 Å². The lowest BCUT2D eigenvalue weighted by molar-refractivity contribution is -0.185. The highest BCUT2D eigenvalue weighted by atomic mass is 16.2. The van der Waals surface area contributed by atoms with Crippen LogP contribution >= 0.6 is 0 Å². The lowest BCUT2D eigenvalue weighted by Crippen LogP contribution is -2.84. The number of rotatable bonds is 8. The second-order valence-corrected chi connectivity index (χ2v) is 11.4. The average molecular weight is 514 g/mol. The number of hydrogen-bond acceptors (Lipinski definition) is 7. The van der Waals surface area contributed by atoms with Gasteiger partial charge in [0.2, 0.25) is 5.91 Å². The summed E-state index contributed by atoms with van der Waals surface area (Å²) in [5, 5.41) is 8.74. The number of Topliss-reactive ketones (excluding diaryl/α,β-unsaturated/α-hetero) is 1. The molecule has 0 spiro atoms. The molecule has 4 amide bonds. The SMILES string of the molecule is CC(C)[C@@]1(NC2CCCCC2)C(=O)C(=O)N1C(=O)[C@H](C)NC(=O)[C@@H](NC(=O)c1ccncc1)C(C)(C)C. The van der Waals surface area contributed by atoms with E-state index in [1.165, 1.54) is 31.5 Å². The first kappa shape index (κ1) is 28.4. The number of carbonyl (C=O) groups excluding carboxylic acids is 5. The van der Waals surface area contributed by atoms with E-state index in [4.69, 9.17) is 0 Å². The summed E-state index contributed by atoms with van der Waals surface area (Å²) in [5.74, 6) is -3.53. The molecule has 1 saturated carbocycles. The van der Waals surface area contributed by atoms with Gasteiger partial charge in [-0.1, -0.05) is 53.9 Å². The van der Waals surface area contributed by atoms with Crippen molar-refractivity contribution in [2.75, 3.05) is 0 Å². The topological polar surface area (TPSA) is 138 Å². The van der Waals surface area contributed by atoms with Crippen LogP contribution in [0.15, 0.2) is 24.5 Å². The zero-order valence-corrected chi connectivity index (χ0v) is 22.6. The number of hydrogen-bond donors (Lipinski definition) is 3. The lowest BCUT2D eigenvalue weighted by atomic mass is 9.79. The summed E-state index contributed by atoms with van der Waals surface area (Å²) in [4.78, 5) is 70.0. The third kappa shape index (κ3) is 5.74. The van der Waals surface area contributed by atoms with Gasteiger partial charge in [0.15, 0.2) is 5.66 Å². The minimum Gasteiger partial charge on any atom is -0.343 e. The Hall–Kier alpha value is -3.14. The van der Waals surface area contributed by atoms with Crippen LogP contribution in [0.25, 0.3) is 0 Å². The van der Waals surface area contributed by atoms with E-state index in [0.717, 1.165) is 37.0 Å². The summed E-state index contributed by atoms with van der Waals surface area (Å²) in [6, 6.07) is 1.04. The second kappa shape index (κ2) is 11.1. The van der Waals surface area contributed by atoms with Gasteiger partial charge in [0, 0.05) is 24.0 Å². The van der Waals surface area contributed by atoms with E-state index in [-0.39, 0.29) is 12.0 Å². The number of ketones is 1. The Morgan fingerprint density at radius 1 is 1.00 bits per heavy atom. The van der Waals surface area contributed by atoms with Crippen LogP contribution in [0.4, 0.5) is 0 Å². The van der Waals surface area contributed by atoms with E-state index in [1.54, 1.807) is 34.6 Å². The summed E-state index contributed by atoms with van der Waals surface area (Å²) in [5.41, 5.74) is -1.75. The number of carbonyl (C=O) groups is 5. The molecular weight excluding hydrogens is 474 g/mol. The molecule has 37 heavy (non-hydrogen) atoms. The fourth-order valence-corrected chi connectivity index (χ4v) is 5.07. The predicted molar refractivity (Wildman–Crippen MR) is 137 cm³/mol. The van der Waals surface area contributed by atoms with Gasteiger partial charge in [-0.2, -0.15) is 0 Å². The highest BCUT2D eigenvalue weighted by Crippen LogP contribution is 2.36. The Morgan fingerprint density at radius 3 is 2.14 bits per heavy atom. The first-order chi connectivity index (χ1) is 17.3. The van der Waals surface area contributed by atoms with Gasteiger partial charge >= 0.3 is 5.91 Å². The molecule has 0 unspecified atom stereocenters. The summed E-state index contributed by atoms with van der Waals surface area (Å²) in [6.07, 6.45) is 7.87. The van der Waals surface area contributed by atoms with Crippen molar-refractivity contribution >= 4 is 29.4 Å². The Balaban J connectivity index is 1.77. The van der Waals surface area contributed by atoms with Crippen molar-refractivity contribution in [2.24, 2.45) is 11.3 Å². The third-order valence-electron chi connectivity index (χ3n) is 7.26. The standard InChI is InChI=1S/C27H39N5O5/c1-16(2)27(31-19-10-8-7-9-11-19)21(33)25(37)32(27)24(36)17(3)29-23(35)20(26(4,5)6)30-22(34)18-12-14-28-15-13-18/h12-17,19-20,31H,7-11H2,1-6H3,(H,29,35)(H,30,34)/t17-,20+,27-/m0/s1. The minimum atomic E-state index is -1.42. The maximum absolute atomic E-state index is 13.5. The van der Waals surface area contributed by atoms with E-state index in [2.05, 4.69) is 20.9 Å². The Labute approximate surface area is 218 Å². The number of nitrogens with zero attached hydrogens (tertiary/aromatic N) is 2. The van der Waals surface area contributed by atoms with E-state index in [0.29, 0.717) is 5.56 Å². The predicted octanol–water partition coefficient (Wildman–Crippen LogP) is 1.94. The number of nitrogens with one attached hydrogen (secondary N) is 3. The fraction of sp³-hybridized carbons (Fsp3) is 0.630. The molecule has 1 aliphatic carbocycles. The van der Waals surface area contributed by atoms with Gasteiger partial charge in [-0.3, -0.25) is 34.3 Å². The molecule has 2 heterocycles. The first-order valence-corrected chi connectivity index (χ1v) is 13.0. The number of likely N-dealkylation sites (tertiary alicyclic amines) is 1. The van der Waals surface area contributed by atoms with Crippen molar-refractivity contribution in [1.82, 2.24) is 25.8 Å². The molecule has 3 atom stereocenters. The van der Waals surface area contributed by atoms with Crippen LogP contribution in [0.3, 0.4) is 0 Å². The Bertz CT molecular complexity index is 1050. The van der Waals surface area contributed by atoms with E-state index in [1.807, 2.05) is 0 Å². The van der Waals surface area contributed by atoms with Crippen LogP contribution in [-0.2, 0) is 19.2 Å². The molecule has 10 nitrogen and oxygen atoms in total. The van der Waals surface area contributed by atoms with E-state index < -0.39 is 52.6 Å². The van der Waals surface area contributed by atoms with Crippen molar-refractivity contribution in [3.05, 3.63) is 30.1 Å². The number of β-lactam (4-membered cyclic amide) rings is 1. The van der Waals surface area contributed by atoms with Crippen LogP contribution in [0, 0.1) is 11.3 Å². The molecule has 3 N–H and O–H groups in total. The fourth-order valence-electron chi connectivity index (χ4n) is 5.07. The molecule has 0 aromatic carbocycles. The Kier molecular flexibility index (Phi) is 8.52. The molecule has 3 rings (SSSR count). The largest absolute Gasteiger partial charge is 0.343 e. The molecule has 1 aliphatic heterocycles. The van der Waals surface area contributed by atoms with E-state index >= 15 is 0 Å². The molecule has 10 heteroatoms. The molecule has 0 radical (unpaired) electrons. The molecule has 0 bridgehead atoms. The maximum Gasteiger partial charge on any atom is 0.302 e. The third-order valence-corrected chi connectivity index (χ3v) is 7.26. The van der Waals surface area contributed by atoms with Crippen LogP contribution in [0.2, 0.25) is 0 Å². The van der Waals surface area contributed by atoms with Crippen molar-refractivity contribution in [3.63, 3.8) is 0 Å². The van der Waals surface area contributed by atoms with Gasteiger partial charge in [0.05, 0.1) is 0 Å². The molecule has 1 aromatic heterocycles. The lowest BCUT2D eigenvalue weighted by Gasteiger charge is -2.53. The normalized spacial score (nSPS) is 22.3. The van der Waals surface area contributed by atoms with Gasteiger partial charge in [0.25, 0.3) is 17.6 Å². The summed E-state index contributed by atoms with van der Waals surface area (Å²) in [6.45, 7) is 10.5. The Morgan fingerprint density at radius 2 is 1.59 bits per heavy atom. The highest BCUT2D eigenvalue weighted by molar-refractivity contribution is 6.49. The molecule has 1 aromatic rings. The molecule has 2 aliphatic rings.